The van der Waals surface area contributed by atoms with Gasteiger partial charge in [-0.1, -0.05) is 58.8 Å². The molecule has 0 aliphatic heterocycles. The van der Waals surface area contributed by atoms with Gasteiger partial charge in [-0.05, 0) is 12.3 Å². The standard InChI is InChI=1S/C16H34O3/c1-3-4-9-16(2)10-7-5-6-8-12-18-14-15-19-13-11-17/h16-17H,3-15H2,1-2H3. The predicted octanol–water partition coefficient (Wildman–Crippen LogP) is 3.79. The molecule has 0 bridgehead atoms. The molecule has 1 N–H and O–H groups in total. The van der Waals surface area contributed by atoms with E-state index < -0.39 is 0 Å². The Bertz CT molecular complexity index is 162. The maximum atomic E-state index is 8.51. The molecule has 0 spiro atoms. The van der Waals surface area contributed by atoms with Crippen LogP contribution in [0.4, 0.5) is 0 Å². The molecule has 0 heterocycles. The normalized spacial score (nSPS) is 12.8. The van der Waals surface area contributed by atoms with E-state index >= 15 is 0 Å². The fourth-order valence-corrected chi connectivity index (χ4v) is 2.13. The van der Waals surface area contributed by atoms with Crippen molar-refractivity contribution in [1.82, 2.24) is 0 Å². The molecular weight excluding hydrogens is 240 g/mol. The summed E-state index contributed by atoms with van der Waals surface area (Å²) in [4.78, 5) is 0. The minimum Gasteiger partial charge on any atom is -0.394 e. The van der Waals surface area contributed by atoms with Crippen LogP contribution in [0.15, 0.2) is 0 Å². The van der Waals surface area contributed by atoms with Gasteiger partial charge in [-0.2, -0.15) is 0 Å². The Morgan fingerprint density at radius 2 is 1.42 bits per heavy atom. The molecule has 0 saturated carbocycles. The molecule has 3 nitrogen and oxygen atoms in total. The van der Waals surface area contributed by atoms with Crippen LogP contribution in [0.3, 0.4) is 0 Å². The third-order valence-electron chi connectivity index (χ3n) is 3.39. The Labute approximate surface area is 119 Å². The molecule has 19 heavy (non-hydrogen) atoms. The van der Waals surface area contributed by atoms with Gasteiger partial charge in [-0.3, -0.25) is 0 Å². The van der Waals surface area contributed by atoms with E-state index in [4.69, 9.17) is 14.6 Å². The maximum absolute atomic E-state index is 8.51. The van der Waals surface area contributed by atoms with Crippen molar-refractivity contribution in [2.24, 2.45) is 5.92 Å². The lowest BCUT2D eigenvalue weighted by molar-refractivity contribution is 0.0320. The van der Waals surface area contributed by atoms with Crippen molar-refractivity contribution < 1.29 is 14.6 Å². The van der Waals surface area contributed by atoms with Crippen LogP contribution in [-0.4, -0.2) is 38.1 Å². The van der Waals surface area contributed by atoms with Crippen molar-refractivity contribution in [3.05, 3.63) is 0 Å². The number of ether oxygens (including phenoxy) is 2. The number of aliphatic hydroxyl groups is 1. The van der Waals surface area contributed by atoms with Gasteiger partial charge in [0.2, 0.25) is 0 Å². The van der Waals surface area contributed by atoms with Crippen LogP contribution >= 0.6 is 0 Å². The van der Waals surface area contributed by atoms with Crippen molar-refractivity contribution in [1.29, 1.82) is 0 Å². The number of aliphatic hydroxyl groups excluding tert-OH is 1. The summed E-state index contributed by atoms with van der Waals surface area (Å²) in [7, 11) is 0. The van der Waals surface area contributed by atoms with Crippen molar-refractivity contribution in [2.75, 3.05) is 33.0 Å². The average Bonchev–Trinajstić information content (AvgIpc) is 2.42. The molecule has 0 saturated heterocycles. The van der Waals surface area contributed by atoms with Gasteiger partial charge in [0.1, 0.15) is 0 Å². The molecule has 0 fully saturated rings. The van der Waals surface area contributed by atoms with Crippen molar-refractivity contribution >= 4 is 0 Å². The highest BCUT2D eigenvalue weighted by molar-refractivity contribution is 4.54. The van der Waals surface area contributed by atoms with Crippen LogP contribution in [0.25, 0.3) is 0 Å². The molecular formula is C16H34O3. The largest absolute Gasteiger partial charge is 0.394 e. The minimum absolute atomic E-state index is 0.0939. The summed E-state index contributed by atoms with van der Waals surface area (Å²) in [6, 6.07) is 0. The Kier molecular flexibility index (Phi) is 15.8. The van der Waals surface area contributed by atoms with E-state index in [0.29, 0.717) is 19.8 Å². The van der Waals surface area contributed by atoms with Crippen molar-refractivity contribution in [2.45, 2.75) is 65.2 Å². The molecule has 0 amide bonds. The van der Waals surface area contributed by atoms with Gasteiger partial charge >= 0.3 is 0 Å². The summed E-state index contributed by atoms with van der Waals surface area (Å²) in [5.41, 5.74) is 0. The van der Waals surface area contributed by atoms with Crippen LogP contribution in [-0.2, 0) is 9.47 Å². The van der Waals surface area contributed by atoms with E-state index in [1.165, 1.54) is 44.9 Å². The Hall–Kier alpha value is -0.120. The number of hydrogen-bond acceptors (Lipinski definition) is 3. The third kappa shape index (κ3) is 15.8. The highest BCUT2D eigenvalue weighted by Gasteiger charge is 2.00. The topological polar surface area (TPSA) is 38.7 Å². The Morgan fingerprint density at radius 3 is 2.11 bits per heavy atom. The molecule has 0 aromatic heterocycles. The maximum Gasteiger partial charge on any atom is 0.0701 e. The molecule has 0 aromatic carbocycles. The molecule has 0 aliphatic rings. The number of unbranched alkanes of at least 4 members (excludes halogenated alkanes) is 4. The smallest absolute Gasteiger partial charge is 0.0701 e. The Balaban J connectivity index is 3.02. The lowest BCUT2D eigenvalue weighted by atomic mass is 9.97. The van der Waals surface area contributed by atoms with Gasteiger partial charge in [-0.15, -0.1) is 0 Å². The van der Waals surface area contributed by atoms with Crippen molar-refractivity contribution in [3.8, 4) is 0 Å². The van der Waals surface area contributed by atoms with E-state index in [1.807, 2.05) is 0 Å². The lowest BCUT2D eigenvalue weighted by Gasteiger charge is -2.10. The summed E-state index contributed by atoms with van der Waals surface area (Å²) in [5.74, 6) is 0.903. The number of rotatable bonds is 15. The SMILES string of the molecule is CCCCC(C)CCCCCCOCCOCCO. The Morgan fingerprint density at radius 1 is 0.789 bits per heavy atom. The monoisotopic (exact) mass is 274 g/mol. The van der Waals surface area contributed by atoms with Gasteiger partial charge in [0.15, 0.2) is 0 Å². The van der Waals surface area contributed by atoms with E-state index in [0.717, 1.165) is 18.9 Å². The molecule has 0 rings (SSSR count). The fourth-order valence-electron chi connectivity index (χ4n) is 2.13. The zero-order chi connectivity index (χ0) is 14.2. The second-order valence-corrected chi connectivity index (χ2v) is 5.40. The first-order valence-corrected chi connectivity index (χ1v) is 8.07. The first-order chi connectivity index (χ1) is 9.31. The van der Waals surface area contributed by atoms with Gasteiger partial charge < -0.3 is 14.6 Å². The highest BCUT2D eigenvalue weighted by atomic mass is 16.5. The second-order valence-electron chi connectivity index (χ2n) is 5.40. The van der Waals surface area contributed by atoms with E-state index in [2.05, 4.69) is 13.8 Å². The summed E-state index contributed by atoms with van der Waals surface area (Å²) in [6.45, 7) is 7.24. The van der Waals surface area contributed by atoms with Gasteiger partial charge in [0.05, 0.1) is 26.4 Å². The summed E-state index contributed by atoms with van der Waals surface area (Å²) < 4.78 is 10.6. The molecule has 116 valence electrons. The molecule has 3 heteroatoms. The van der Waals surface area contributed by atoms with Crippen LogP contribution in [0.1, 0.15) is 65.2 Å². The van der Waals surface area contributed by atoms with Crippen LogP contribution in [0.2, 0.25) is 0 Å². The quantitative estimate of drug-likeness (QED) is 0.462. The summed E-state index contributed by atoms with van der Waals surface area (Å²) >= 11 is 0. The summed E-state index contributed by atoms with van der Waals surface area (Å²) in [6.07, 6.45) is 10.6. The van der Waals surface area contributed by atoms with Gasteiger partial charge in [0, 0.05) is 6.61 Å². The summed E-state index contributed by atoms with van der Waals surface area (Å²) in [5, 5.41) is 8.51. The van der Waals surface area contributed by atoms with E-state index in [1.54, 1.807) is 0 Å². The molecule has 0 radical (unpaired) electrons. The second kappa shape index (κ2) is 15.9. The van der Waals surface area contributed by atoms with Crippen LogP contribution in [0, 0.1) is 5.92 Å². The van der Waals surface area contributed by atoms with Gasteiger partial charge in [0.25, 0.3) is 0 Å². The van der Waals surface area contributed by atoms with Crippen molar-refractivity contribution in [3.63, 3.8) is 0 Å². The third-order valence-corrected chi connectivity index (χ3v) is 3.39. The van der Waals surface area contributed by atoms with Crippen LogP contribution in [0.5, 0.6) is 0 Å². The number of hydrogen-bond donors (Lipinski definition) is 1. The zero-order valence-corrected chi connectivity index (χ0v) is 13.0. The van der Waals surface area contributed by atoms with E-state index in [-0.39, 0.29) is 6.61 Å². The van der Waals surface area contributed by atoms with Crippen LogP contribution < -0.4 is 0 Å². The fraction of sp³-hybridized carbons (Fsp3) is 1.00. The molecule has 0 aromatic rings. The minimum atomic E-state index is 0.0939. The zero-order valence-electron chi connectivity index (χ0n) is 13.0. The first kappa shape index (κ1) is 18.9. The molecule has 0 aliphatic carbocycles. The highest BCUT2D eigenvalue weighted by Crippen LogP contribution is 2.16. The average molecular weight is 274 g/mol. The van der Waals surface area contributed by atoms with E-state index in [9.17, 15) is 0 Å². The predicted molar refractivity (Wildman–Crippen MR) is 80.5 cm³/mol. The first-order valence-electron chi connectivity index (χ1n) is 8.07. The molecule has 1 atom stereocenters. The molecule has 1 unspecified atom stereocenters. The van der Waals surface area contributed by atoms with Gasteiger partial charge in [-0.25, -0.2) is 0 Å². The lowest BCUT2D eigenvalue weighted by Crippen LogP contribution is -2.07.